The van der Waals surface area contributed by atoms with E-state index in [0.29, 0.717) is 0 Å². The van der Waals surface area contributed by atoms with Gasteiger partial charge in [0.15, 0.2) is 7.14 Å². The molecule has 0 unspecified atom stereocenters. The van der Waals surface area contributed by atoms with Gasteiger partial charge in [-0.3, -0.25) is 9.38 Å². The number of fused-ring (bicyclic) bond motifs is 9. The van der Waals surface area contributed by atoms with Crippen molar-refractivity contribution in [2.24, 2.45) is 0 Å². The molecule has 0 atom stereocenters. The van der Waals surface area contributed by atoms with E-state index < -0.39 is 13.2 Å². The second kappa shape index (κ2) is 14.1. The molecule has 0 saturated heterocycles. The molecular weight excluding hydrogens is 777 g/mol. The Hall–Kier alpha value is -6.48. The molecule has 59 heavy (non-hydrogen) atoms. The minimum atomic E-state index is -3.29. The Morgan fingerprint density at radius 2 is 1.00 bits per heavy atom. The highest BCUT2D eigenvalue weighted by Gasteiger charge is 2.31. The lowest BCUT2D eigenvalue weighted by atomic mass is 10.0. The minimum Gasteiger partial charge on any atom is -0.309 e. The Balaban J connectivity index is 1.23. The summed E-state index contributed by atoms with van der Waals surface area (Å²) in [5, 5.41) is 9.96. The van der Waals surface area contributed by atoms with Crippen molar-refractivity contribution in [3.8, 4) is 11.1 Å². The van der Waals surface area contributed by atoms with Gasteiger partial charge in [-0.15, -0.1) is 0 Å². The Kier molecular flexibility index (Phi) is 8.53. The Morgan fingerprint density at radius 3 is 1.66 bits per heavy atom. The third-order valence-corrected chi connectivity index (χ3v) is 19.6. The fraction of sp³-hybridized carbons (Fsp3) is 0. The Bertz CT molecular complexity index is 3410. The van der Waals surface area contributed by atoms with E-state index in [1.807, 2.05) is 85.1 Å². The van der Waals surface area contributed by atoms with Crippen molar-refractivity contribution < 1.29 is 4.57 Å². The van der Waals surface area contributed by atoms with Gasteiger partial charge in [0.1, 0.15) is 5.65 Å². The molecule has 8 aromatic carbocycles. The summed E-state index contributed by atoms with van der Waals surface area (Å²) in [7, 11) is -3.29. The van der Waals surface area contributed by atoms with Crippen LogP contribution in [0, 0.1) is 0 Å². The van der Waals surface area contributed by atoms with E-state index in [2.05, 4.69) is 137 Å². The van der Waals surface area contributed by atoms with Gasteiger partial charge in [-0.05, 0) is 68.8 Å². The van der Waals surface area contributed by atoms with Gasteiger partial charge in [-0.2, -0.15) is 0 Å². The van der Waals surface area contributed by atoms with Crippen molar-refractivity contribution in [2.45, 2.75) is 0 Å². The van der Waals surface area contributed by atoms with Crippen LogP contribution in [0.3, 0.4) is 0 Å². The van der Waals surface area contributed by atoms with Gasteiger partial charge in [0, 0.05) is 44.3 Å². The molecule has 4 nitrogen and oxygen atoms in total. The summed E-state index contributed by atoms with van der Waals surface area (Å²) in [6.45, 7) is 0. The molecule has 0 fully saturated rings. The lowest BCUT2D eigenvalue weighted by molar-refractivity contribution is 0.592. The van der Waals surface area contributed by atoms with E-state index in [-0.39, 0.29) is 0 Å². The van der Waals surface area contributed by atoms with Gasteiger partial charge in [-0.25, -0.2) is 4.98 Å². The van der Waals surface area contributed by atoms with Crippen LogP contribution in [0.25, 0.3) is 60.4 Å². The molecule has 0 N–H and O–H groups in total. The van der Waals surface area contributed by atoms with Gasteiger partial charge in [0.2, 0.25) is 0 Å². The third-order valence-electron chi connectivity index (χ3n) is 11.6. The number of rotatable bonds is 7. The molecule has 7 heteroatoms. The second-order valence-corrected chi connectivity index (χ2v) is 22.1. The van der Waals surface area contributed by atoms with E-state index in [1.54, 1.807) is 0 Å². The lowest BCUT2D eigenvalue weighted by Crippen LogP contribution is -2.25. The van der Waals surface area contributed by atoms with Crippen LogP contribution in [0.2, 0.25) is 0 Å². The SMILES string of the molecule is O=P(c1ccccc1)(c1ccccc1)c1ccc2c3ccc(P(=S)(c4ccccc4)c4ccccc4)cc3c3nc4ccc(-c5ccc6cccnc6c5)cc4n3c2c1. The Morgan fingerprint density at radius 1 is 0.424 bits per heavy atom. The molecule has 0 amide bonds. The first-order chi connectivity index (χ1) is 29.0. The van der Waals surface area contributed by atoms with Crippen LogP contribution in [-0.2, 0) is 16.4 Å². The number of nitrogens with zero attached hydrogens (tertiary/aromatic N) is 3. The number of hydrogen-bond acceptors (Lipinski definition) is 4. The Labute approximate surface area is 346 Å². The maximum atomic E-state index is 15.8. The molecule has 280 valence electrons. The fourth-order valence-electron chi connectivity index (χ4n) is 8.65. The van der Waals surface area contributed by atoms with Crippen molar-refractivity contribution in [1.29, 1.82) is 0 Å². The summed E-state index contributed by atoms with van der Waals surface area (Å²) in [6, 6.07) is 68.4. The summed E-state index contributed by atoms with van der Waals surface area (Å²) in [5.41, 5.74) is 6.69. The van der Waals surface area contributed by atoms with Gasteiger partial charge < -0.3 is 4.57 Å². The molecular formula is C52H35N3OP2S. The van der Waals surface area contributed by atoms with Crippen LogP contribution >= 0.6 is 13.2 Å². The van der Waals surface area contributed by atoms with Crippen LogP contribution in [0.15, 0.2) is 212 Å². The number of pyridine rings is 2. The summed E-state index contributed by atoms with van der Waals surface area (Å²) in [4.78, 5) is 10.1. The first kappa shape index (κ1) is 35.7. The fourth-order valence-corrected chi connectivity index (χ4v) is 15.1. The minimum absolute atomic E-state index is 0.766. The smallest absolute Gasteiger partial charge is 0.171 e. The molecule has 11 rings (SSSR count). The first-order valence-electron chi connectivity index (χ1n) is 19.6. The molecule has 0 aliphatic rings. The quantitative estimate of drug-likeness (QED) is 0.119. The van der Waals surface area contributed by atoms with Gasteiger partial charge in [0.25, 0.3) is 0 Å². The van der Waals surface area contributed by atoms with E-state index in [9.17, 15) is 0 Å². The van der Waals surface area contributed by atoms with Crippen LogP contribution in [-0.4, -0.2) is 14.4 Å². The standard InChI is InChI=1S/C52H35N3OP2S/c56-57(39-15-5-1-6-16-39,40-17-7-2-8-18-40)43-26-29-46-45-28-27-44(58(59,41-19-9-3-10-20-41)42-21-11-4-12-22-42)34-47(45)52-54-48-30-25-38(33-51(48)55(52)50(46)35-43)37-24-23-36-14-13-31-53-49(36)32-37/h1-35H. The van der Waals surface area contributed by atoms with Crippen molar-refractivity contribution in [1.82, 2.24) is 14.4 Å². The van der Waals surface area contributed by atoms with E-state index in [4.69, 9.17) is 16.8 Å². The average Bonchev–Trinajstić information content (AvgIpc) is 3.71. The zero-order valence-electron chi connectivity index (χ0n) is 31.8. The summed E-state index contributed by atoms with van der Waals surface area (Å²) in [6.07, 6.45) is 1.84. The van der Waals surface area contributed by atoms with Gasteiger partial charge in [-0.1, -0.05) is 182 Å². The van der Waals surface area contributed by atoms with Crippen LogP contribution in [0.5, 0.6) is 0 Å². The summed E-state index contributed by atoms with van der Waals surface area (Å²) >= 11 is 6.85. The first-order valence-corrected chi connectivity index (χ1v) is 24.1. The molecule has 0 aliphatic carbocycles. The molecule has 0 spiro atoms. The van der Waals surface area contributed by atoms with Crippen LogP contribution in [0.4, 0.5) is 0 Å². The monoisotopic (exact) mass is 811 g/mol. The van der Waals surface area contributed by atoms with Crippen molar-refractivity contribution in [3.05, 3.63) is 212 Å². The summed E-state index contributed by atoms with van der Waals surface area (Å²) in [5.74, 6) is 0. The molecule has 0 radical (unpaired) electrons. The lowest BCUT2D eigenvalue weighted by Gasteiger charge is -2.25. The van der Waals surface area contributed by atoms with Gasteiger partial charge >= 0.3 is 0 Å². The van der Waals surface area contributed by atoms with Crippen molar-refractivity contribution in [2.75, 3.05) is 0 Å². The van der Waals surface area contributed by atoms with E-state index in [1.165, 1.54) is 0 Å². The highest BCUT2D eigenvalue weighted by Crippen LogP contribution is 2.46. The van der Waals surface area contributed by atoms with Crippen LogP contribution in [0.1, 0.15) is 0 Å². The maximum absolute atomic E-state index is 15.8. The molecule has 11 aromatic rings. The zero-order valence-corrected chi connectivity index (χ0v) is 34.4. The largest absolute Gasteiger partial charge is 0.309 e. The maximum Gasteiger partial charge on any atom is 0.171 e. The highest BCUT2D eigenvalue weighted by atomic mass is 32.4. The zero-order chi connectivity index (χ0) is 39.6. The third kappa shape index (κ3) is 5.73. The van der Waals surface area contributed by atoms with E-state index >= 15 is 4.57 Å². The average molecular weight is 812 g/mol. The molecule has 3 heterocycles. The molecule has 0 bridgehead atoms. The molecule has 0 saturated carbocycles. The van der Waals surface area contributed by atoms with Crippen LogP contribution < -0.4 is 31.8 Å². The normalized spacial score (nSPS) is 12.2. The summed E-state index contributed by atoms with van der Waals surface area (Å²) < 4.78 is 18.1. The number of hydrogen-bond donors (Lipinski definition) is 0. The number of aromatic nitrogens is 3. The predicted octanol–water partition coefficient (Wildman–Crippen LogP) is 10.4. The number of benzene rings is 8. The number of imidazole rings is 1. The van der Waals surface area contributed by atoms with Gasteiger partial charge in [0.05, 0.1) is 22.1 Å². The van der Waals surface area contributed by atoms with E-state index in [0.717, 1.165) is 92.2 Å². The molecule has 3 aromatic heterocycles. The second-order valence-electron chi connectivity index (χ2n) is 14.9. The predicted molar refractivity (Wildman–Crippen MR) is 254 cm³/mol. The topological polar surface area (TPSA) is 47.3 Å². The highest BCUT2D eigenvalue weighted by molar-refractivity contribution is 8.25. The van der Waals surface area contributed by atoms with Crippen molar-refractivity contribution >= 4 is 106 Å². The molecule has 0 aliphatic heterocycles. The van der Waals surface area contributed by atoms with Crippen molar-refractivity contribution in [3.63, 3.8) is 0 Å².